The number of carbonyl (C=O) groups excluding carboxylic acids is 1. The lowest BCUT2D eigenvalue weighted by atomic mass is 9.96. The first kappa shape index (κ1) is 16.3. The fraction of sp³-hybridized carbons (Fsp3) is 0.688. The van der Waals surface area contributed by atoms with Crippen molar-refractivity contribution in [1.29, 1.82) is 0 Å². The summed E-state index contributed by atoms with van der Waals surface area (Å²) in [6, 6.07) is 0.250. The summed E-state index contributed by atoms with van der Waals surface area (Å²) >= 11 is 6.05. The van der Waals surface area contributed by atoms with Gasteiger partial charge in [-0.05, 0) is 43.6 Å². The van der Waals surface area contributed by atoms with Crippen LogP contribution in [0, 0.1) is 0 Å². The van der Waals surface area contributed by atoms with E-state index in [1.165, 1.54) is 19.3 Å². The van der Waals surface area contributed by atoms with E-state index in [9.17, 15) is 9.59 Å². The molecule has 1 heterocycles. The van der Waals surface area contributed by atoms with Crippen LogP contribution in [0.15, 0.2) is 11.0 Å². The second-order valence-corrected chi connectivity index (χ2v) is 6.86. The van der Waals surface area contributed by atoms with E-state index < -0.39 is 0 Å². The lowest BCUT2D eigenvalue weighted by molar-refractivity contribution is 0.0953. The number of ether oxygens (including phenoxy) is 1. The Morgan fingerprint density at radius 2 is 2.04 bits per heavy atom. The molecule has 2 aliphatic rings. The van der Waals surface area contributed by atoms with E-state index in [1.807, 2.05) is 0 Å². The van der Waals surface area contributed by atoms with Crippen LogP contribution < -0.4 is 10.9 Å². The number of aromatic amines is 1. The Morgan fingerprint density at radius 1 is 1.26 bits per heavy atom. The summed E-state index contributed by atoms with van der Waals surface area (Å²) in [4.78, 5) is 23.5. The summed E-state index contributed by atoms with van der Waals surface area (Å²) in [6.45, 7) is 0. The molecule has 0 aromatic carbocycles. The molecule has 126 valence electrons. The molecule has 7 heteroatoms. The Bertz CT molecular complexity index is 613. The molecule has 0 radical (unpaired) electrons. The fourth-order valence-corrected chi connectivity index (χ4v) is 3.86. The van der Waals surface area contributed by atoms with Crippen LogP contribution in [0.3, 0.4) is 0 Å². The Kier molecular flexibility index (Phi) is 5.20. The predicted molar refractivity (Wildman–Crippen MR) is 86.7 cm³/mol. The van der Waals surface area contributed by atoms with Gasteiger partial charge in [-0.2, -0.15) is 5.10 Å². The molecule has 1 aromatic rings. The third kappa shape index (κ3) is 4.05. The number of nitrogens with zero attached hydrogens (tertiary/aromatic N) is 1. The molecule has 6 nitrogen and oxygen atoms in total. The van der Waals surface area contributed by atoms with Crippen LogP contribution in [-0.4, -0.2) is 28.4 Å². The number of carbonyl (C=O) groups is 1. The first-order chi connectivity index (χ1) is 11.1. The molecular formula is C16H22ClN3O3. The van der Waals surface area contributed by atoms with Crippen LogP contribution in [-0.2, 0) is 4.74 Å². The highest BCUT2D eigenvalue weighted by atomic mass is 35.5. The molecular weight excluding hydrogens is 318 g/mol. The van der Waals surface area contributed by atoms with Crippen molar-refractivity contribution in [1.82, 2.24) is 15.5 Å². The SMILES string of the molecule is O=C(NC1CCCCC1)O[C@@H]1CCC(c2cn[nH]c(=O)c2Cl)C1. The molecule has 3 rings (SSSR count). The molecule has 0 spiro atoms. The minimum Gasteiger partial charge on any atom is -0.446 e. The summed E-state index contributed by atoms with van der Waals surface area (Å²) in [5, 5.41) is 9.29. The summed E-state index contributed by atoms with van der Waals surface area (Å²) in [7, 11) is 0. The number of nitrogens with one attached hydrogen (secondary N) is 2. The normalized spacial score (nSPS) is 25.3. The maximum Gasteiger partial charge on any atom is 0.407 e. The van der Waals surface area contributed by atoms with Crippen molar-refractivity contribution in [2.75, 3.05) is 0 Å². The molecule has 2 aliphatic carbocycles. The van der Waals surface area contributed by atoms with Gasteiger partial charge in [-0.25, -0.2) is 9.89 Å². The molecule has 0 bridgehead atoms. The highest BCUT2D eigenvalue weighted by molar-refractivity contribution is 6.31. The Hall–Kier alpha value is -1.56. The second kappa shape index (κ2) is 7.34. The number of hydrogen-bond donors (Lipinski definition) is 2. The standard InChI is InChI=1S/C16H22ClN3O3/c17-14-13(9-18-20-15(14)21)10-6-7-12(8-10)23-16(22)19-11-4-2-1-3-5-11/h9-12H,1-8H2,(H,19,22)(H,20,21)/t10?,12-/m1/s1. The number of hydrogen-bond acceptors (Lipinski definition) is 4. The fourth-order valence-electron chi connectivity index (χ4n) is 3.61. The van der Waals surface area contributed by atoms with E-state index in [1.54, 1.807) is 6.20 Å². The second-order valence-electron chi connectivity index (χ2n) is 6.49. The van der Waals surface area contributed by atoms with Gasteiger partial charge in [0.2, 0.25) is 0 Å². The Balaban J connectivity index is 1.52. The van der Waals surface area contributed by atoms with Gasteiger partial charge < -0.3 is 10.1 Å². The molecule has 2 fully saturated rings. The van der Waals surface area contributed by atoms with Gasteiger partial charge in [-0.3, -0.25) is 4.79 Å². The molecule has 2 atom stereocenters. The first-order valence-electron chi connectivity index (χ1n) is 8.33. The van der Waals surface area contributed by atoms with E-state index in [-0.39, 0.29) is 34.7 Å². The average molecular weight is 340 g/mol. The van der Waals surface area contributed by atoms with Gasteiger partial charge >= 0.3 is 6.09 Å². The number of H-pyrrole nitrogens is 1. The van der Waals surface area contributed by atoms with Crippen molar-refractivity contribution in [3.63, 3.8) is 0 Å². The van der Waals surface area contributed by atoms with Crippen LogP contribution in [0.4, 0.5) is 4.79 Å². The minimum absolute atomic E-state index is 0.116. The number of halogens is 1. The van der Waals surface area contributed by atoms with Crippen LogP contribution in [0.25, 0.3) is 0 Å². The van der Waals surface area contributed by atoms with Gasteiger partial charge in [0.25, 0.3) is 5.56 Å². The quantitative estimate of drug-likeness (QED) is 0.886. The third-order valence-electron chi connectivity index (χ3n) is 4.85. The van der Waals surface area contributed by atoms with Gasteiger partial charge in [-0.15, -0.1) is 0 Å². The molecule has 1 amide bonds. The van der Waals surface area contributed by atoms with Crippen LogP contribution >= 0.6 is 11.6 Å². The monoisotopic (exact) mass is 339 g/mol. The molecule has 1 unspecified atom stereocenters. The van der Waals surface area contributed by atoms with Crippen molar-refractivity contribution in [2.45, 2.75) is 69.4 Å². The van der Waals surface area contributed by atoms with Crippen molar-refractivity contribution in [2.24, 2.45) is 0 Å². The number of amides is 1. The van der Waals surface area contributed by atoms with Crippen LogP contribution in [0.5, 0.6) is 0 Å². The largest absolute Gasteiger partial charge is 0.446 e. The van der Waals surface area contributed by atoms with Crippen molar-refractivity contribution >= 4 is 17.7 Å². The van der Waals surface area contributed by atoms with Gasteiger partial charge in [0.15, 0.2) is 0 Å². The first-order valence-corrected chi connectivity index (χ1v) is 8.71. The van der Waals surface area contributed by atoms with E-state index in [2.05, 4.69) is 15.5 Å². The molecule has 0 aliphatic heterocycles. The molecule has 23 heavy (non-hydrogen) atoms. The zero-order valence-electron chi connectivity index (χ0n) is 13.0. The topological polar surface area (TPSA) is 84.1 Å². The average Bonchev–Trinajstić information content (AvgIpc) is 2.99. The van der Waals surface area contributed by atoms with E-state index >= 15 is 0 Å². The summed E-state index contributed by atoms with van der Waals surface area (Å²) < 4.78 is 5.54. The maximum atomic E-state index is 12.0. The van der Waals surface area contributed by atoms with Gasteiger partial charge in [0, 0.05) is 6.04 Å². The smallest absolute Gasteiger partial charge is 0.407 e. The lowest BCUT2D eigenvalue weighted by Crippen LogP contribution is -2.38. The Labute approximate surface area is 139 Å². The van der Waals surface area contributed by atoms with Crippen LogP contribution in [0.2, 0.25) is 5.02 Å². The number of aromatic nitrogens is 2. The molecule has 0 saturated heterocycles. The van der Waals surface area contributed by atoms with Crippen molar-refractivity contribution in [3.05, 3.63) is 27.1 Å². The van der Waals surface area contributed by atoms with Crippen molar-refractivity contribution in [3.8, 4) is 0 Å². The third-order valence-corrected chi connectivity index (χ3v) is 5.24. The van der Waals surface area contributed by atoms with Gasteiger partial charge in [0.05, 0.1) is 6.20 Å². The number of alkyl carbamates (subject to hydrolysis) is 1. The molecule has 2 N–H and O–H groups in total. The predicted octanol–water partition coefficient (Wildman–Crippen LogP) is 3.12. The van der Waals surface area contributed by atoms with Gasteiger partial charge in [0.1, 0.15) is 11.1 Å². The highest BCUT2D eigenvalue weighted by Gasteiger charge is 2.31. The summed E-state index contributed by atoms with van der Waals surface area (Å²) in [5.74, 6) is 0.116. The van der Waals surface area contributed by atoms with Crippen LogP contribution in [0.1, 0.15) is 62.8 Å². The zero-order valence-corrected chi connectivity index (χ0v) is 13.8. The van der Waals surface area contributed by atoms with Gasteiger partial charge in [-0.1, -0.05) is 30.9 Å². The number of rotatable bonds is 3. The lowest BCUT2D eigenvalue weighted by Gasteiger charge is -2.23. The summed E-state index contributed by atoms with van der Waals surface area (Å²) in [6.07, 6.45) is 9.13. The zero-order chi connectivity index (χ0) is 16.2. The van der Waals surface area contributed by atoms with Crippen molar-refractivity contribution < 1.29 is 9.53 Å². The molecule has 2 saturated carbocycles. The van der Waals surface area contributed by atoms with E-state index in [0.29, 0.717) is 6.42 Å². The molecule has 1 aromatic heterocycles. The Morgan fingerprint density at radius 3 is 2.83 bits per heavy atom. The minimum atomic E-state index is -0.372. The van der Waals surface area contributed by atoms with E-state index in [0.717, 1.165) is 31.2 Å². The summed E-state index contributed by atoms with van der Waals surface area (Å²) in [5.41, 5.74) is 0.373. The van der Waals surface area contributed by atoms with E-state index in [4.69, 9.17) is 16.3 Å². The highest BCUT2D eigenvalue weighted by Crippen LogP contribution is 2.37. The maximum absolute atomic E-state index is 12.0.